The first-order valence-electron chi connectivity index (χ1n) is 9.21. The Morgan fingerprint density at radius 1 is 1.31 bits per heavy atom. The van der Waals surface area contributed by atoms with Gasteiger partial charge in [-0.05, 0) is 30.5 Å². The van der Waals surface area contributed by atoms with Gasteiger partial charge in [0.1, 0.15) is 0 Å². The Bertz CT molecular complexity index is 856. The zero-order valence-electron chi connectivity index (χ0n) is 14.8. The average molecular weight is 352 g/mol. The second-order valence-electron chi connectivity index (χ2n) is 6.77. The number of para-hydroxylation sites is 1. The molecule has 1 saturated heterocycles. The van der Waals surface area contributed by atoms with E-state index in [4.69, 9.17) is 4.74 Å². The summed E-state index contributed by atoms with van der Waals surface area (Å²) in [5.74, 6) is 0.200. The van der Waals surface area contributed by atoms with E-state index in [2.05, 4.69) is 22.2 Å². The van der Waals surface area contributed by atoms with Gasteiger partial charge in [0.05, 0.1) is 12.6 Å². The smallest absolute Gasteiger partial charge is 0.222 e. The highest BCUT2D eigenvalue weighted by Crippen LogP contribution is 2.19. The molecule has 26 heavy (non-hydrogen) atoms. The molecule has 1 aliphatic heterocycles. The Kier molecular flexibility index (Phi) is 5.02. The van der Waals surface area contributed by atoms with Crippen LogP contribution in [0.15, 0.2) is 48.9 Å². The third-order valence-electron chi connectivity index (χ3n) is 4.94. The van der Waals surface area contributed by atoms with Crippen molar-refractivity contribution < 1.29 is 9.53 Å². The number of hydrogen-bond donors (Lipinski definition) is 1. The topological polar surface area (TPSA) is 63.1 Å². The molecule has 1 amide bonds. The number of amides is 1. The van der Waals surface area contributed by atoms with Crippen LogP contribution in [0.25, 0.3) is 10.9 Å². The van der Waals surface area contributed by atoms with Crippen LogP contribution < -0.4 is 0 Å². The summed E-state index contributed by atoms with van der Waals surface area (Å²) in [6.07, 6.45) is 7.87. The number of nitrogens with zero attached hydrogens (tertiary/aromatic N) is 3. The number of benzene rings is 1. The van der Waals surface area contributed by atoms with Crippen molar-refractivity contribution in [2.45, 2.75) is 31.9 Å². The number of aromatic nitrogens is 3. The van der Waals surface area contributed by atoms with Crippen molar-refractivity contribution in [2.75, 3.05) is 19.7 Å². The van der Waals surface area contributed by atoms with Crippen LogP contribution in [0.2, 0.25) is 0 Å². The quantitative estimate of drug-likeness (QED) is 0.768. The van der Waals surface area contributed by atoms with Crippen molar-refractivity contribution in [3.05, 3.63) is 54.5 Å². The SMILES string of the molecule is O=C(CCc1c[nH]c2ccccc12)N1CCCO[C@@H](Cn2cccn2)C1. The van der Waals surface area contributed by atoms with Gasteiger partial charge in [-0.2, -0.15) is 5.10 Å². The van der Waals surface area contributed by atoms with Crippen LogP contribution in [0, 0.1) is 0 Å². The van der Waals surface area contributed by atoms with E-state index in [1.165, 1.54) is 10.9 Å². The molecule has 3 heterocycles. The van der Waals surface area contributed by atoms with Crippen molar-refractivity contribution in [3.8, 4) is 0 Å². The highest BCUT2D eigenvalue weighted by molar-refractivity contribution is 5.84. The Labute approximate surface area is 152 Å². The highest BCUT2D eigenvalue weighted by atomic mass is 16.5. The van der Waals surface area contributed by atoms with E-state index in [-0.39, 0.29) is 12.0 Å². The third kappa shape index (κ3) is 3.80. The third-order valence-corrected chi connectivity index (χ3v) is 4.94. The van der Waals surface area contributed by atoms with Crippen LogP contribution in [0.1, 0.15) is 18.4 Å². The predicted octanol–water partition coefficient (Wildman–Crippen LogP) is 2.61. The Hall–Kier alpha value is -2.60. The predicted molar refractivity (Wildman–Crippen MR) is 99.8 cm³/mol. The molecule has 4 rings (SSSR count). The van der Waals surface area contributed by atoms with Gasteiger partial charge in [-0.15, -0.1) is 0 Å². The maximum Gasteiger partial charge on any atom is 0.222 e. The summed E-state index contributed by atoms with van der Waals surface area (Å²) < 4.78 is 7.77. The van der Waals surface area contributed by atoms with E-state index in [1.54, 1.807) is 6.20 Å². The first-order chi connectivity index (χ1) is 12.8. The van der Waals surface area contributed by atoms with Crippen LogP contribution in [0.5, 0.6) is 0 Å². The van der Waals surface area contributed by atoms with E-state index in [0.717, 1.165) is 24.9 Å². The Morgan fingerprint density at radius 2 is 2.23 bits per heavy atom. The number of carbonyl (C=O) groups is 1. The summed E-state index contributed by atoms with van der Waals surface area (Å²) in [6, 6.07) is 10.1. The number of H-pyrrole nitrogens is 1. The summed E-state index contributed by atoms with van der Waals surface area (Å²) in [7, 11) is 0. The van der Waals surface area contributed by atoms with E-state index in [9.17, 15) is 4.79 Å². The fourth-order valence-corrected chi connectivity index (χ4v) is 3.59. The molecular formula is C20H24N4O2. The number of carbonyl (C=O) groups excluding carboxylic acids is 1. The van der Waals surface area contributed by atoms with Crippen LogP contribution in [-0.4, -0.2) is 51.4 Å². The molecular weight excluding hydrogens is 328 g/mol. The standard InChI is InChI=1S/C20H24N4O2/c25-20(8-7-16-13-21-19-6-2-1-5-18(16)19)23-10-4-12-26-17(14-23)15-24-11-3-9-22-24/h1-3,5-6,9,11,13,17,21H,4,7-8,10,12,14-15H2/t17-/m1/s1. The zero-order valence-corrected chi connectivity index (χ0v) is 14.8. The highest BCUT2D eigenvalue weighted by Gasteiger charge is 2.23. The molecule has 6 nitrogen and oxygen atoms in total. The molecule has 1 atom stereocenters. The molecule has 0 radical (unpaired) electrons. The van der Waals surface area contributed by atoms with Gasteiger partial charge >= 0.3 is 0 Å². The molecule has 1 N–H and O–H groups in total. The van der Waals surface area contributed by atoms with Crippen molar-refractivity contribution in [3.63, 3.8) is 0 Å². The maximum absolute atomic E-state index is 12.8. The lowest BCUT2D eigenvalue weighted by molar-refractivity contribution is -0.132. The first-order valence-corrected chi connectivity index (χ1v) is 9.21. The minimum absolute atomic E-state index is 0.00515. The lowest BCUT2D eigenvalue weighted by atomic mass is 10.1. The van der Waals surface area contributed by atoms with Gasteiger partial charge in [0.2, 0.25) is 5.91 Å². The number of aryl methyl sites for hydroxylation is 1. The van der Waals surface area contributed by atoms with Crippen molar-refractivity contribution >= 4 is 16.8 Å². The number of ether oxygens (including phenoxy) is 1. The van der Waals surface area contributed by atoms with E-state index >= 15 is 0 Å². The molecule has 136 valence electrons. The van der Waals surface area contributed by atoms with Crippen LogP contribution in [-0.2, 0) is 22.5 Å². The van der Waals surface area contributed by atoms with Crippen LogP contribution in [0.3, 0.4) is 0 Å². The lowest BCUT2D eigenvalue weighted by Gasteiger charge is -2.24. The molecule has 6 heteroatoms. The second kappa shape index (κ2) is 7.74. The van der Waals surface area contributed by atoms with Gasteiger partial charge in [0.15, 0.2) is 0 Å². The molecule has 1 aromatic carbocycles. The minimum Gasteiger partial charge on any atom is -0.374 e. The fraction of sp³-hybridized carbons (Fsp3) is 0.400. The summed E-state index contributed by atoms with van der Waals surface area (Å²) in [5.41, 5.74) is 2.32. The summed E-state index contributed by atoms with van der Waals surface area (Å²) in [4.78, 5) is 18.0. The maximum atomic E-state index is 12.8. The molecule has 1 aliphatic rings. The van der Waals surface area contributed by atoms with Gasteiger partial charge in [-0.3, -0.25) is 9.48 Å². The summed E-state index contributed by atoms with van der Waals surface area (Å²) in [6.45, 7) is 2.77. The summed E-state index contributed by atoms with van der Waals surface area (Å²) >= 11 is 0. The van der Waals surface area contributed by atoms with Crippen molar-refractivity contribution in [1.82, 2.24) is 19.7 Å². The lowest BCUT2D eigenvalue weighted by Crippen LogP contribution is -2.38. The van der Waals surface area contributed by atoms with Gasteiger partial charge < -0.3 is 14.6 Å². The molecule has 0 saturated carbocycles. The zero-order chi connectivity index (χ0) is 17.8. The molecule has 0 unspecified atom stereocenters. The van der Waals surface area contributed by atoms with E-state index in [0.29, 0.717) is 26.1 Å². The normalized spacial score (nSPS) is 18.2. The van der Waals surface area contributed by atoms with E-state index < -0.39 is 0 Å². The minimum atomic E-state index is -0.00515. The number of aromatic amines is 1. The van der Waals surface area contributed by atoms with Gasteiger partial charge in [-0.1, -0.05) is 18.2 Å². The average Bonchev–Trinajstić information content (AvgIpc) is 3.25. The van der Waals surface area contributed by atoms with Crippen LogP contribution in [0.4, 0.5) is 0 Å². The number of hydrogen-bond acceptors (Lipinski definition) is 3. The van der Waals surface area contributed by atoms with E-state index in [1.807, 2.05) is 40.2 Å². The molecule has 2 aromatic heterocycles. The summed E-state index contributed by atoms with van der Waals surface area (Å²) in [5, 5.41) is 5.44. The largest absolute Gasteiger partial charge is 0.374 e. The number of rotatable bonds is 5. The molecule has 0 bridgehead atoms. The number of nitrogens with one attached hydrogen (secondary N) is 1. The number of fused-ring (bicyclic) bond motifs is 1. The monoisotopic (exact) mass is 352 g/mol. The fourth-order valence-electron chi connectivity index (χ4n) is 3.59. The van der Waals surface area contributed by atoms with Crippen molar-refractivity contribution in [1.29, 1.82) is 0 Å². The Balaban J connectivity index is 1.37. The van der Waals surface area contributed by atoms with Gasteiger partial charge in [0.25, 0.3) is 0 Å². The Morgan fingerprint density at radius 3 is 3.12 bits per heavy atom. The first kappa shape index (κ1) is 16.8. The van der Waals surface area contributed by atoms with Crippen molar-refractivity contribution in [2.24, 2.45) is 0 Å². The van der Waals surface area contributed by atoms with Gasteiger partial charge in [0, 0.05) is 55.6 Å². The second-order valence-corrected chi connectivity index (χ2v) is 6.77. The molecule has 3 aromatic rings. The van der Waals surface area contributed by atoms with Gasteiger partial charge in [-0.25, -0.2) is 0 Å². The molecule has 0 spiro atoms. The molecule has 1 fully saturated rings. The molecule has 0 aliphatic carbocycles. The van der Waals surface area contributed by atoms with Crippen LogP contribution >= 0.6 is 0 Å².